The van der Waals surface area contributed by atoms with E-state index in [4.69, 9.17) is 19.4 Å². The van der Waals surface area contributed by atoms with Gasteiger partial charge in [-0.05, 0) is 52.1 Å². The molecule has 0 N–H and O–H groups in total. The molecule has 4 heteroatoms. The van der Waals surface area contributed by atoms with Crippen molar-refractivity contribution in [2.45, 2.75) is 0 Å². The van der Waals surface area contributed by atoms with E-state index in [0.717, 1.165) is 66.4 Å². The van der Waals surface area contributed by atoms with E-state index in [-0.39, 0.29) is 0 Å². The van der Waals surface area contributed by atoms with Gasteiger partial charge in [0.1, 0.15) is 11.2 Å². The lowest BCUT2D eigenvalue weighted by Crippen LogP contribution is -2.00. The SMILES string of the molecule is c1ccc(-c2cc(-c3ccccc3)c3oc4ccc(-c5ccc(-c6nc(-c7ccccc7)nc(-c7ccccc7)n6)cc5)cc4c3c2)cc1. The Morgan fingerprint density at radius 1 is 0.306 bits per heavy atom. The van der Waals surface area contributed by atoms with E-state index in [2.05, 4.69) is 109 Å². The highest BCUT2D eigenvalue weighted by Gasteiger charge is 2.17. The monoisotopic (exact) mass is 627 g/mol. The Labute approximate surface area is 284 Å². The lowest BCUT2D eigenvalue weighted by atomic mass is 9.95. The lowest BCUT2D eigenvalue weighted by Gasteiger charge is -2.09. The molecule has 0 amide bonds. The maximum atomic E-state index is 6.57. The first-order chi connectivity index (χ1) is 24.3. The van der Waals surface area contributed by atoms with E-state index in [1.807, 2.05) is 66.7 Å². The summed E-state index contributed by atoms with van der Waals surface area (Å²) >= 11 is 0. The molecule has 0 radical (unpaired) electrons. The van der Waals surface area contributed by atoms with Crippen LogP contribution in [0.5, 0.6) is 0 Å². The Morgan fingerprint density at radius 2 is 0.714 bits per heavy atom. The highest BCUT2D eigenvalue weighted by Crippen LogP contribution is 2.41. The summed E-state index contributed by atoms with van der Waals surface area (Å²) in [5.41, 5.74) is 11.3. The minimum atomic E-state index is 0.636. The fourth-order valence-corrected chi connectivity index (χ4v) is 6.44. The van der Waals surface area contributed by atoms with Crippen LogP contribution in [-0.4, -0.2) is 15.0 Å². The van der Waals surface area contributed by atoms with Crippen LogP contribution >= 0.6 is 0 Å². The largest absolute Gasteiger partial charge is 0.455 e. The fraction of sp³-hybridized carbons (Fsp3) is 0. The van der Waals surface area contributed by atoms with E-state index in [1.54, 1.807) is 0 Å². The number of rotatable bonds is 6. The van der Waals surface area contributed by atoms with Gasteiger partial charge in [0.2, 0.25) is 0 Å². The number of aromatic nitrogens is 3. The molecule has 0 aliphatic heterocycles. The summed E-state index contributed by atoms with van der Waals surface area (Å²) in [6.07, 6.45) is 0. The zero-order valence-electron chi connectivity index (χ0n) is 26.5. The summed E-state index contributed by atoms with van der Waals surface area (Å²) < 4.78 is 6.57. The van der Waals surface area contributed by atoms with Gasteiger partial charge in [-0.3, -0.25) is 0 Å². The molecular formula is C45H29N3O. The first-order valence-corrected chi connectivity index (χ1v) is 16.4. The summed E-state index contributed by atoms with van der Waals surface area (Å²) in [6, 6.07) is 60.5. The van der Waals surface area contributed by atoms with Gasteiger partial charge in [-0.1, -0.05) is 152 Å². The van der Waals surface area contributed by atoms with Crippen molar-refractivity contribution in [3.63, 3.8) is 0 Å². The molecule has 49 heavy (non-hydrogen) atoms. The summed E-state index contributed by atoms with van der Waals surface area (Å²) in [5.74, 6) is 1.93. The molecule has 9 rings (SSSR count). The Balaban J connectivity index is 1.14. The molecule has 0 fully saturated rings. The molecule has 2 aromatic heterocycles. The number of hydrogen-bond donors (Lipinski definition) is 0. The first-order valence-electron chi connectivity index (χ1n) is 16.4. The summed E-state index contributed by atoms with van der Waals surface area (Å²) in [4.78, 5) is 14.6. The Kier molecular flexibility index (Phi) is 7.10. The van der Waals surface area contributed by atoms with E-state index in [9.17, 15) is 0 Å². The van der Waals surface area contributed by atoms with Crippen molar-refractivity contribution in [2.75, 3.05) is 0 Å². The molecule has 0 aliphatic rings. The second kappa shape index (κ2) is 12.2. The van der Waals surface area contributed by atoms with Crippen molar-refractivity contribution >= 4 is 21.9 Å². The number of benzene rings is 7. The molecule has 0 atom stereocenters. The minimum absolute atomic E-state index is 0.636. The summed E-state index contributed by atoms with van der Waals surface area (Å²) in [6.45, 7) is 0. The van der Waals surface area contributed by atoms with Crippen LogP contribution in [0.2, 0.25) is 0 Å². The molecule has 4 nitrogen and oxygen atoms in total. The maximum absolute atomic E-state index is 6.57. The van der Waals surface area contributed by atoms with Crippen LogP contribution in [0.3, 0.4) is 0 Å². The van der Waals surface area contributed by atoms with Crippen LogP contribution in [-0.2, 0) is 0 Å². The third-order valence-corrected chi connectivity index (χ3v) is 8.94. The first kappa shape index (κ1) is 28.6. The highest BCUT2D eigenvalue weighted by molar-refractivity contribution is 6.12. The quantitative estimate of drug-likeness (QED) is 0.184. The minimum Gasteiger partial charge on any atom is -0.455 e. The predicted molar refractivity (Wildman–Crippen MR) is 200 cm³/mol. The molecule has 9 aromatic rings. The van der Waals surface area contributed by atoms with Crippen molar-refractivity contribution < 1.29 is 4.42 Å². The molecule has 0 spiro atoms. The maximum Gasteiger partial charge on any atom is 0.164 e. The molecule has 2 heterocycles. The third kappa shape index (κ3) is 5.45. The van der Waals surface area contributed by atoms with Crippen molar-refractivity contribution in [2.24, 2.45) is 0 Å². The fourth-order valence-electron chi connectivity index (χ4n) is 6.44. The third-order valence-electron chi connectivity index (χ3n) is 8.94. The molecule has 0 bridgehead atoms. The van der Waals surface area contributed by atoms with Crippen LogP contribution in [0, 0.1) is 0 Å². The highest BCUT2D eigenvalue weighted by atomic mass is 16.3. The van der Waals surface area contributed by atoms with E-state index >= 15 is 0 Å². The van der Waals surface area contributed by atoms with E-state index < -0.39 is 0 Å². The second-order valence-electron chi connectivity index (χ2n) is 12.1. The molecular weight excluding hydrogens is 599 g/mol. The Morgan fingerprint density at radius 3 is 1.27 bits per heavy atom. The van der Waals surface area contributed by atoms with Crippen LogP contribution < -0.4 is 0 Å². The zero-order valence-corrected chi connectivity index (χ0v) is 26.5. The molecule has 0 saturated carbocycles. The van der Waals surface area contributed by atoms with Crippen LogP contribution in [0.25, 0.3) is 89.5 Å². The van der Waals surface area contributed by atoms with Gasteiger partial charge in [0.15, 0.2) is 17.5 Å². The van der Waals surface area contributed by atoms with Gasteiger partial charge in [-0.2, -0.15) is 0 Å². The average Bonchev–Trinajstić information content (AvgIpc) is 3.57. The van der Waals surface area contributed by atoms with Gasteiger partial charge in [-0.25, -0.2) is 15.0 Å². The number of furan rings is 1. The van der Waals surface area contributed by atoms with Gasteiger partial charge >= 0.3 is 0 Å². The van der Waals surface area contributed by atoms with E-state index in [0.29, 0.717) is 17.5 Å². The van der Waals surface area contributed by atoms with Gasteiger partial charge < -0.3 is 4.42 Å². The topological polar surface area (TPSA) is 51.8 Å². The molecule has 0 unspecified atom stereocenters. The van der Waals surface area contributed by atoms with Gasteiger partial charge in [-0.15, -0.1) is 0 Å². The zero-order chi connectivity index (χ0) is 32.6. The smallest absolute Gasteiger partial charge is 0.164 e. The van der Waals surface area contributed by atoms with Gasteiger partial charge in [0.25, 0.3) is 0 Å². The van der Waals surface area contributed by atoms with Crippen molar-refractivity contribution in [3.05, 3.63) is 176 Å². The molecule has 0 saturated heterocycles. The van der Waals surface area contributed by atoms with Crippen LogP contribution in [0.4, 0.5) is 0 Å². The number of hydrogen-bond acceptors (Lipinski definition) is 4. The van der Waals surface area contributed by atoms with Crippen LogP contribution in [0.15, 0.2) is 180 Å². The molecule has 0 aliphatic carbocycles. The number of nitrogens with zero attached hydrogens (tertiary/aromatic N) is 3. The average molecular weight is 628 g/mol. The number of fused-ring (bicyclic) bond motifs is 3. The van der Waals surface area contributed by atoms with Gasteiger partial charge in [0, 0.05) is 33.0 Å². The lowest BCUT2D eigenvalue weighted by molar-refractivity contribution is 0.670. The standard InChI is InChI=1S/C45H29N3O/c1-5-13-30(14-6-1)37-28-38(32-15-7-2-8-16-32)42-40(29-37)39-27-36(25-26-41(39)49-42)31-21-23-35(24-22-31)45-47-43(33-17-9-3-10-18-33)46-44(48-45)34-19-11-4-12-20-34/h1-29H. The van der Waals surface area contributed by atoms with Crippen molar-refractivity contribution in [3.8, 4) is 67.5 Å². The molecule has 7 aromatic carbocycles. The van der Waals surface area contributed by atoms with Gasteiger partial charge in [0.05, 0.1) is 0 Å². The summed E-state index contributed by atoms with van der Waals surface area (Å²) in [7, 11) is 0. The van der Waals surface area contributed by atoms with Crippen molar-refractivity contribution in [1.82, 2.24) is 15.0 Å². The second-order valence-corrected chi connectivity index (χ2v) is 12.1. The van der Waals surface area contributed by atoms with E-state index in [1.165, 1.54) is 5.56 Å². The normalized spacial score (nSPS) is 11.3. The Hall–Kier alpha value is -6.65. The summed E-state index contributed by atoms with van der Waals surface area (Å²) in [5, 5.41) is 2.18. The Bertz CT molecular complexity index is 2500. The van der Waals surface area contributed by atoms with Crippen molar-refractivity contribution in [1.29, 1.82) is 0 Å². The molecule has 230 valence electrons. The predicted octanol–water partition coefficient (Wildman–Crippen LogP) is 11.8. The van der Waals surface area contributed by atoms with Crippen LogP contribution in [0.1, 0.15) is 0 Å².